The maximum Gasteiger partial charge on any atom is 0.276 e. The minimum atomic E-state index is -0.340. The summed E-state index contributed by atoms with van der Waals surface area (Å²) >= 11 is 0. The van der Waals surface area contributed by atoms with Gasteiger partial charge in [0.1, 0.15) is 11.9 Å². The van der Waals surface area contributed by atoms with Crippen LogP contribution in [0.4, 0.5) is 4.39 Å². The maximum absolute atomic E-state index is 13.1. The first-order chi connectivity index (χ1) is 13.1. The molecule has 140 valence electrons. The average Bonchev–Trinajstić information content (AvgIpc) is 3.38. The summed E-state index contributed by atoms with van der Waals surface area (Å²) in [6, 6.07) is 5.76. The van der Waals surface area contributed by atoms with Crippen molar-refractivity contribution in [3.63, 3.8) is 0 Å². The molecule has 9 heteroatoms. The van der Waals surface area contributed by atoms with Gasteiger partial charge in [0.05, 0.1) is 31.2 Å². The van der Waals surface area contributed by atoms with Crippen LogP contribution in [0.25, 0.3) is 5.69 Å². The standard InChI is InChI=1S/C18H19FN6O2/c1-2-24-11-13(9-20-24)17-12-23(7-8-27-17)18(26)16-10-21-25(22-16)15-5-3-14(19)4-6-15/h3-6,9-11,17H,2,7-8,12H2,1H3. The molecule has 27 heavy (non-hydrogen) atoms. The fourth-order valence-electron chi connectivity index (χ4n) is 2.98. The van der Waals surface area contributed by atoms with Crippen LogP contribution in [0, 0.1) is 5.82 Å². The third kappa shape index (κ3) is 3.59. The number of benzene rings is 1. The van der Waals surface area contributed by atoms with Gasteiger partial charge in [-0.2, -0.15) is 15.0 Å². The smallest absolute Gasteiger partial charge is 0.276 e. The highest BCUT2D eigenvalue weighted by molar-refractivity contribution is 5.92. The summed E-state index contributed by atoms with van der Waals surface area (Å²) in [5.41, 5.74) is 1.77. The molecule has 1 fully saturated rings. The van der Waals surface area contributed by atoms with E-state index in [1.54, 1.807) is 23.2 Å². The molecular weight excluding hydrogens is 351 g/mol. The van der Waals surface area contributed by atoms with Crippen LogP contribution in [0.3, 0.4) is 0 Å². The van der Waals surface area contributed by atoms with E-state index >= 15 is 0 Å². The molecule has 0 N–H and O–H groups in total. The number of carbonyl (C=O) groups excluding carboxylic acids is 1. The predicted molar refractivity (Wildman–Crippen MR) is 93.8 cm³/mol. The summed E-state index contributed by atoms with van der Waals surface area (Å²) in [5, 5.41) is 12.6. The molecule has 2 aromatic heterocycles. The van der Waals surface area contributed by atoms with Crippen LogP contribution in [0.5, 0.6) is 0 Å². The Hall–Kier alpha value is -3.07. The highest BCUT2D eigenvalue weighted by Gasteiger charge is 2.28. The maximum atomic E-state index is 13.1. The van der Waals surface area contributed by atoms with E-state index < -0.39 is 0 Å². The number of nitrogens with zero attached hydrogens (tertiary/aromatic N) is 6. The number of amides is 1. The van der Waals surface area contributed by atoms with E-state index in [1.807, 2.05) is 17.8 Å². The number of morpholine rings is 1. The summed E-state index contributed by atoms with van der Waals surface area (Å²) in [6.07, 6.45) is 4.91. The second-order valence-electron chi connectivity index (χ2n) is 6.24. The van der Waals surface area contributed by atoms with Crippen molar-refractivity contribution in [2.75, 3.05) is 19.7 Å². The molecule has 1 aliphatic heterocycles. The molecule has 0 radical (unpaired) electrons. The quantitative estimate of drug-likeness (QED) is 0.700. The second-order valence-corrected chi connectivity index (χ2v) is 6.24. The van der Waals surface area contributed by atoms with Crippen LogP contribution in [0.1, 0.15) is 29.1 Å². The Kier molecular flexibility index (Phi) is 4.68. The van der Waals surface area contributed by atoms with Crippen molar-refractivity contribution < 1.29 is 13.9 Å². The van der Waals surface area contributed by atoms with Crippen LogP contribution in [0.15, 0.2) is 42.9 Å². The molecule has 0 bridgehead atoms. The Morgan fingerprint density at radius 1 is 1.26 bits per heavy atom. The van der Waals surface area contributed by atoms with Crippen molar-refractivity contribution in [2.45, 2.75) is 19.6 Å². The van der Waals surface area contributed by atoms with Crippen molar-refractivity contribution in [1.82, 2.24) is 29.7 Å². The molecule has 3 aromatic rings. The van der Waals surface area contributed by atoms with Crippen LogP contribution >= 0.6 is 0 Å². The molecule has 1 amide bonds. The largest absolute Gasteiger partial charge is 0.370 e. The third-order valence-corrected chi connectivity index (χ3v) is 4.47. The van der Waals surface area contributed by atoms with E-state index in [9.17, 15) is 9.18 Å². The molecule has 4 rings (SSSR count). The Morgan fingerprint density at radius 2 is 2.07 bits per heavy atom. The van der Waals surface area contributed by atoms with Crippen LogP contribution in [0.2, 0.25) is 0 Å². The molecule has 8 nitrogen and oxygen atoms in total. The van der Waals surface area contributed by atoms with Crippen LogP contribution < -0.4 is 0 Å². The Bertz CT molecular complexity index is 935. The number of ether oxygens (including phenoxy) is 1. The van der Waals surface area contributed by atoms with Crippen molar-refractivity contribution in [2.24, 2.45) is 0 Å². The van der Waals surface area contributed by atoms with Gasteiger partial charge >= 0.3 is 0 Å². The van der Waals surface area contributed by atoms with Crippen molar-refractivity contribution in [3.8, 4) is 5.69 Å². The summed E-state index contributed by atoms with van der Waals surface area (Å²) < 4.78 is 20.7. The highest BCUT2D eigenvalue weighted by Crippen LogP contribution is 2.22. The summed E-state index contributed by atoms with van der Waals surface area (Å²) in [5.74, 6) is -0.549. The number of carbonyl (C=O) groups is 1. The molecule has 1 saturated heterocycles. The molecule has 0 aliphatic carbocycles. The fraction of sp³-hybridized carbons (Fsp3) is 0.333. The molecular formula is C18H19FN6O2. The SMILES string of the molecule is CCn1cc(C2CN(C(=O)c3cnn(-c4ccc(F)cc4)n3)CCO2)cn1. The zero-order valence-corrected chi connectivity index (χ0v) is 14.8. The second kappa shape index (κ2) is 7.28. The summed E-state index contributed by atoms with van der Waals surface area (Å²) in [7, 11) is 0. The van der Waals surface area contributed by atoms with Gasteiger partial charge in [-0.15, -0.1) is 5.10 Å². The number of halogens is 1. The van der Waals surface area contributed by atoms with E-state index in [2.05, 4.69) is 15.3 Å². The number of rotatable bonds is 4. The van der Waals surface area contributed by atoms with Crippen molar-refractivity contribution >= 4 is 5.91 Å². The van der Waals surface area contributed by atoms with Crippen molar-refractivity contribution in [3.05, 3.63) is 59.9 Å². The van der Waals surface area contributed by atoms with E-state index in [4.69, 9.17) is 4.74 Å². The van der Waals surface area contributed by atoms with Gasteiger partial charge in [0.25, 0.3) is 5.91 Å². The lowest BCUT2D eigenvalue weighted by molar-refractivity contribution is -0.0230. The lowest BCUT2D eigenvalue weighted by atomic mass is 10.1. The van der Waals surface area contributed by atoms with Gasteiger partial charge in [-0.1, -0.05) is 0 Å². The van der Waals surface area contributed by atoms with Crippen LogP contribution in [-0.4, -0.2) is 55.3 Å². The minimum Gasteiger partial charge on any atom is -0.370 e. The Morgan fingerprint density at radius 3 is 2.81 bits per heavy atom. The van der Waals surface area contributed by atoms with E-state index in [1.165, 1.54) is 23.1 Å². The predicted octanol–water partition coefficient (Wildman–Crippen LogP) is 1.84. The zero-order valence-electron chi connectivity index (χ0n) is 14.8. The topological polar surface area (TPSA) is 78.1 Å². The van der Waals surface area contributed by atoms with Crippen molar-refractivity contribution in [1.29, 1.82) is 0 Å². The Labute approximate surface area is 155 Å². The van der Waals surface area contributed by atoms with Gasteiger partial charge in [-0.05, 0) is 31.2 Å². The third-order valence-electron chi connectivity index (χ3n) is 4.47. The molecule has 1 aromatic carbocycles. The van der Waals surface area contributed by atoms with E-state index in [0.717, 1.165) is 12.1 Å². The van der Waals surface area contributed by atoms with Gasteiger partial charge in [0, 0.05) is 24.8 Å². The number of hydrogen-bond acceptors (Lipinski definition) is 5. The van der Waals surface area contributed by atoms with E-state index in [-0.39, 0.29) is 23.5 Å². The first kappa shape index (κ1) is 17.3. The zero-order chi connectivity index (χ0) is 18.8. The lowest BCUT2D eigenvalue weighted by Crippen LogP contribution is -2.42. The lowest BCUT2D eigenvalue weighted by Gasteiger charge is -2.32. The fourth-order valence-corrected chi connectivity index (χ4v) is 2.98. The molecule has 1 unspecified atom stereocenters. The molecule has 0 saturated carbocycles. The van der Waals surface area contributed by atoms with Gasteiger partial charge in [0.15, 0.2) is 5.69 Å². The highest BCUT2D eigenvalue weighted by atomic mass is 19.1. The monoisotopic (exact) mass is 370 g/mol. The minimum absolute atomic E-state index is 0.209. The van der Waals surface area contributed by atoms with Gasteiger partial charge in [-0.25, -0.2) is 4.39 Å². The molecule has 1 atom stereocenters. The average molecular weight is 370 g/mol. The molecule has 3 heterocycles. The molecule has 0 spiro atoms. The first-order valence-electron chi connectivity index (χ1n) is 8.75. The van der Waals surface area contributed by atoms with Crippen LogP contribution in [-0.2, 0) is 11.3 Å². The molecule has 1 aliphatic rings. The van der Waals surface area contributed by atoms with Gasteiger partial charge in [-0.3, -0.25) is 9.48 Å². The van der Waals surface area contributed by atoms with E-state index in [0.29, 0.717) is 25.4 Å². The number of aromatic nitrogens is 5. The summed E-state index contributed by atoms with van der Waals surface area (Å²) in [4.78, 5) is 15.8. The first-order valence-corrected chi connectivity index (χ1v) is 8.75. The Balaban J connectivity index is 1.48. The normalized spacial score (nSPS) is 17.3. The summed E-state index contributed by atoms with van der Waals surface area (Å²) in [6.45, 7) is 4.15. The van der Waals surface area contributed by atoms with Gasteiger partial charge < -0.3 is 9.64 Å². The number of aryl methyl sites for hydroxylation is 1. The number of hydrogen-bond donors (Lipinski definition) is 0. The van der Waals surface area contributed by atoms with Gasteiger partial charge in [0.2, 0.25) is 0 Å².